The predicted octanol–water partition coefficient (Wildman–Crippen LogP) is 2.10. The molecule has 6 heteroatoms. The molecule has 0 saturated heterocycles. The highest BCUT2D eigenvalue weighted by molar-refractivity contribution is 6.31. The van der Waals surface area contributed by atoms with E-state index in [1.165, 1.54) is 18.2 Å². The van der Waals surface area contributed by atoms with E-state index in [-0.39, 0.29) is 29.6 Å². The number of aromatic carboxylic acids is 1. The summed E-state index contributed by atoms with van der Waals surface area (Å²) < 4.78 is 0. The summed E-state index contributed by atoms with van der Waals surface area (Å²) in [5, 5.41) is 12.0. The Balaban J connectivity index is 2.06. The van der Waals surface area contributed by atoms with Crippen LogP contribution in [0.3, 0.4) is 0 Å². The summed E-state index contributed by atoms with van der Waals surface area (Å²) in [6.45, 7) is 0. The van der Waals surface area contributed by atoms with Gasteiger partial charge in [-0.3, -0.25) is 4.79 Å². The highest BCUT2D eigenvalue weighted by Crippen LogP contribution is 2.33. The number of nitrogens with one attached hydrogen (secondary N) is 1. The minimum absolute atomic E-state index is 0.0118. The highest BCUT2D eigenvalue weighted by atomic mass is 35.5. The van der Waals surface area contributed by atoms with Crippen LogP contribution in [-0.2, 0) is 4.79 Å². The Bertz CT molecular complexity index is 515. The van der Waals surface area contributed by atoms with Crippen LogP contribution in [0.1, 0.15) is 29.6 Å². The molecule has 1 aromatic rings. The first-order valence-corrected chi connectivity index (χ1v) is 6.43. The number of halogens is 1. The molecule has 1 amide bonds. The SMILES string of the molecule is NC(CC(=O)Nc1cc(Cl)ccc1C(=O)O)C1CC1. The molecule has 5 nitrogen and oxygen atoms in total. The molecular formula is C13H15ClN2O3. The van der Waals surface area contributed by atoms with Crippen LogP contribution < -0.4 is 11.1 Å². The molecule has 0 bridgehead atoms. The van der Waals surface area contributed by atoms with Gasteiger partial charge in [0, 0.05) is 17.5 Å². The first kappa shape index (κ1) is 13.8. The normalized spacial score (nSPS) is 15.9. The molecule has 1 aliphatic rings. The summed E-state index contributed by atoms with van der Waals surface area (Å²) >= 11 is 5.80. The highest BCUT2D eigenvalue weighted by Gasteiger charge is 2.30. The number of nitrogens with two attached hydrogens (primary N) is 1. The molecule has 19 heavy (non-hydrogen) atoms. The van der Waals surface area contributed by atoms with Crippen molar-refractivity contribution in [2.45, 2.75) is 25.3 Å². The molecular weight excluding hydrogens is 268 g/mol. The van der Waals surface area contributed by atoms with Crippen molar-refractivity contribution in [1.29, 1.82) is 0 Å². The largest absolute Gasteiger partial charge is 0.478 e. The fraction of sp³-hybridized carbons (Fsp3) is 0.385. The molecule has 0 aromatic heterocycles. The maximum Gasteiger partial charge on any atom is 0.337 e. The van der Waals surface area contributed by atoms with Crippen LogP contribution in [0.4, 0.5) is 5.69 Å². The van der Waals surface area contributed by atoms with E-state index in [9.17, 15) is 9.59 Å². The fourth-order valence-corrected chi connectivity index (χ4v) is 2.08. The van der Waals surface area contributed by atoms with Gasteiger partial charge in [-0.05, 0) is 37.0 Å². The molecule has 102 valence electrons. The quantitative estimate of drug-likeness (QED) is 0.771. The van der Waals surface area contributed by atoms with Crippen molar-refractivity contribution >= 4 is 29.2 Å². The Morgan fingerprint density at radius 1 is 1.47 bits per heavy atom. The summed E-state index contributed by atoms with van der Waals surface area (Å²) in [5.41, 5.74) is 6.07. The van der Waals surface area contributed by atoms with Crippen molar-refractivity contribution in [3.8, 4) is 0 Å². The zero-order valence-corrected chi connectivity index (χ0v) is 11.0. The number of hydrogen-bond donors (Lipinski definition) is 3. The van der Waals surface area contributed by atoms with Crippen molar-refractivity contribution in [3.63, 3.8) is 0 Å². The van der Waals surface area contributed by atoms with E-state index < -0.39 is 5.97 Å². The lowest BCUT2D eigenvalue weighted by molar-refractivity contribution is -0.116. The molecule has 1 saturated carbocycles. The average Bonchev–Trinajstić information content (AvgIpc) is 3.11. The van der Waals surface area contributed by atoms with Gasteiger partial charge in [-0.1, -0.05) is 11.6 Å². The molecule has 1 aromatic carbocycles. The van der Waals surface area contributed by atoms with Gasteiger partial charge in [0.15, 0.2) is 0 Å². The Kier molecular flexibility index (Phi) is 4.07. The minimum Gasteiger partial charge on any atom is -0.478 e. The Hall–Kier alpha value is -1.59. The molecule has 1 unspecified atom stereocenters. The van der Waals surface area contributed by atoms with Crippen LogP contribution in [0, 0.1) is 5.92 Å². The van der Waals surface area contributed by atoms with E-state index in [1.54, 1.807) is 0 Å². The molecule has 4 N–H and O–H groups in total. The van der Waals surface area contributed by atoms with Gasteiger partial charge in [-0.15, -0.1) is 0 Å². The van der Waals surface area contributed by atoms with Crippen LogP contribution in [0.5, 0.6) is 0 Å². The van der Waals surface area contributed by atoms with Crippen LogP contribution in [0.25, 0.3) is 0 Å². The zero-order valence-electron chi connectivity index (χ0n) is 10.2. The van der Waals surface area contributed by atoms with Gasteiger partial charge in [-0.2, -0.15) is 0 Å². The number of anilines is 1. The summed E-state index contributed by atoms with van der Waals surface area (Å²) in [6, 6.07) is 4.09. The average molecular weight is 283 g/mol. The van der Waals surface area contributed by atoms with E-state index in [2.05, 4.69) is 5.32 Å². The van der Waals surface area contributed by atoms with E-state index in [0.717, 1.165) is 12.8 Å². The van der Waals surface area contributed by atoms with E-state index in [4.69, 9.17) is 22.4 Å². The number of carbonyl (C=O) groups excluding carboxylic acids is 1. The number of carboxylic acids is 1. The third-order valence-electron chi connectivity index (χ3n) is 3.13. The second-order valence-corrected chi connectivity index (χ2v) is 5.19. The second-order valence-electron chi connectivity index (χ2n) is 4.75. The van der Waals surface area contributed by atoms with Crippen molar-refractivity contribution in [2.75, 3.05) is 5.32 Å². The maximum absolute atomic E-state index is 11.8. The van der Waals surface area contributed by atoms with Gasteiger partial charge in [0.25, 0.3) is 0 Å². The van der Waals surface area contributed by atoms with Crippen LogP contribution in [0.15, 0.2) is 18.2 Å². The van der Waals surface area contributed by atoms with Crippen molar-refractivity contribution in [1.82, 2.24) is 0 Å². The van der Waals surface area contributed by atoms with Gasteiger partial charge in [0.1, 0.15) is 0 Å². The monoisotopic (exact) mass is 282 g/mol. The Morgan fingerprint density at radius 3 is 2.74 bits per heavy atom. The molecule has 2 rings (SSSR count). The second kappa shape index (κ2) is 5.59. The minimum atomic E-state index is -1.11. The Labute approximate surface area is 115 Å². The molecule has 0 spiro atoms. The van der Waals surface area contributed by atoms with Gasteiger partial charge in [0.05, 0.1) is 11.3 Å². The molecule has 0 aliphatic heterocycles. The maximum atomic E-state index is 11.8. The summed E-state index contributed by atoms with van der Waals surface area (Å²) in [6.07, 6.45) is 2.31. The van der Waals surface area contributed by atoms with Gasteiger partial charge in [-0.25, -0.2) is 4.79 Å². The van der Waals surface area contributed by atoms with Gasteiger partial charge < -0.3 is 16.2 Å². The first-order valence-electron chi connectivity index (χ1n) is 6.05. The lowest BCUT2D eigenvalue weighted by atomic mass is 10.1. The number of rotatable bonds is 5. The number of amides is 1. The van der Waals surface area contributed by atoms with Crippen LogP contribution >= 0.6 is 11.6 Å². The first-order chi connectivity index (χ1) is 8.97. The standard InChI is InChI=1S/C13H15ClN2O3/c14-8-3-4-9(13(18)19)11(5-8)16-12(17)6-10(15)7-1-2-7/h3-5,7,10H,1-2,6,15H2,(H,16,17)(H,18,19). The number of benzene rings is 1. The van der Waals surface area contributed by atoms with E-state index in [1.807, 2.05) is 0 Å². The summed E-state index contributed by atoms with van der Waals surface area (Å²) in [7, 11) is 0. The number of carboxylic acid groups (broad SMARTS) is 1. The van der Waals surface area contributed by atoms with Gasteiger partial charge >= 0.3 is 5.97 Å². The summed E-state index contributed by atoms with van der Waals surface area (Å²) in [5.74, 6) is -0.980. The van der Waals surface area contributed by atoms with Gasteiger partial charge in [0.2, 0.25) is 5.91 Å². The molecule has 1 aliphatic carbocycles. The lowest BCUT2D eigenvalue weighted by Crippen LogP contribution is -2.29. The van der Waals surface area contributed by atoms with Crippen molar-refractivity contribution < 1.29 is 14.7 Å². The van der Waals surface area contributed by atoms with Crippen LogP contribution in [0.2, 0.25) is 5.02 Å². The van der Waals surface area contributed by atoms with Crippen molar-refractivity contribution in [2.24, 2.45) is 11.7 Å². The molecule has 0 radical (unpaired) electrons. The lowest BCUT2D eigenvalue weighted by Gasteiger charge is -2.12. The molecule has 1 fully saturated rings. The van der Waals surface area contributed by atoms with Crippen LogP contribution in [-0.4, -0.2) is 23.0 Å². The predicted molar refractivity (Wildman–Crippen MR) is 72.4 cm³/mol. The third kappa shape index (κ3) is 3.68. The molecule has 1 atom stereocenters. The fourth-order valence-electron chi connectivity index (χ4n) is 1.91. The third-order valence-corrected chi connectivity index (χ3v) is 3.37. The van der Waals surface area contributed by atoms with E-state index in [0.29, 0.717) is 10.9 Å². The Morgan fingerprint density at radius 2 is 2.16 bits per heavy atom. The smallest absolute Gasteiger partial charge is 0.337 e. The van der Waals surface area contributed by atoms with Crippen molar-refractivity contribution in [3.05, 3.63) is 28.8 Å². The summed E-state index contributed by atoms with van der Waals surface area (Å²) in [4.78, 5) is 22.8. The molecule has 0 heterocycles. The number of hydrogen-bond acceptors (Lipinski definition) is 3. The number of carbonyl (C=O) groups is 2. The zero-order chi connectivity index (χ0) is 14.0. The topological polar surface area (TPSA) is 92.4 Å². The van der Waals surface area contributed by atoms with E-state index >= 15 is 0 Å².